The number of nitrogens with one attached hydrogen (secondary N) is 2. The molecule has 3 heterocycles. The summed E-state index contributed by atoms with van der Waals surface area (Å²) in [6.07, 6.45) is 5.91. The number of imidazole rings is 1. The van der Waals surface area contributed by atoms with Crippen LogP contribution in [0.4, 0.5) is 8.78 Å². The van der Waals surface area contributed by atoms with Crippen molar-refractivity contribution >= 4 is 16.9 Å². The lowest BCUT2D eigenvalue weighted by molar-refractivity contribution is -0.136. The summed E-state index contributed by atoms with van der Waals surface area (Å²) in [7, 11) is 0. The van der Waals surface area contributed by atoms with Crippen LogP contribution in [-0.2, 0) is 21.6 Å². The Balaban J connectivity index is 1.28. The molecule has 1 aliphatic carbocycles. The van der Waals surface area contributed by atoms with Crippen molar-refractivity contribution in [1.82, 2.24) is 15.0 Å². The van der Waals surface area contributed by atoms with Crippen LogP contribution in [0.2, 0.25) is 0 Å². The highest BCUT2D eigenvalue weighted by atomic mass is 19.1. The van der Waals surface area contributed by atoms with Gasteiger partial charge in [0.1, 0.15) is 23.0 Å². The zero-order chi connectivity index (χ0) is 31.3. The van der Waals surface area contributed by atoms with Gasteiger partial charge in [0, 0.05) is 41.1 Å². The first-order valence-electron chi connectivity index (χ1n) is 15.2. The molecular formula is C35H33F2N3O5. The van der Waals surface area contributed by atoms with Gasteiger partial charge in [-0.1, -0.05) is 30.7 Å². The van der Waals surface area contributed by atoms with Crippen LogP contribution < -0.4 is 4.74 Å². The monoisotopic (exact) mass is 613 g/mol. The summed E-state index contributed by atoms with van der Waals surface area (Å²) in [6.45, 7) is 1.88. The van der Waals surface area contributed by atoms with Gasteiger partial charge in [0.25, 0.3) is 0 Å². The number of aliphatic carboxylic acids is 1. The van der Waals surface area contributed by atoms with Crippen LogP contribution in [0.1, 0.15) is 48.1 Å². The van der Waals surface area contributed by atoms with Gasteiger partial charge in [0.15, 0.2) is 11.6 Å². The van der Waals surface area contributed by atoms with E-state index in [0.29, 0.717) is 23.2 Å². The molecule has 7 rings (SSSR count). The number of aromatic amines is 2. The normalized spacial score (nSPS) is 21.7. The van der Waals surface area contributed by atoms with Crippen LogP contribution in [0.5, 0.6) is 11.5 Å². The minimum Gasteiger partial charge on any atom is -0.481 e. The highest BCUT2D eigenvalue weighted by Gasteiger charge is 2.56. The molecule has 4 N–H and O–H groups in total. The van der Waals surface area contributed by atoms with Crippen LogP contribution in [0.15, 0.2) is 67.0 Å². The molecule has 1 unspecified atom stereocenters. The maximum Gasteiger partial charge on any atom is 0.303 e. The lowest BCUT2D eigenvalue weighted by atomic mass is 9.64. The number of rotatable bonds is 9. The van der Waals surface area contributed by atoms with Gasteiger partial charge in [-0.25, -0.2) is 13.8 Å². The number of carboxylic acid groups (broad SMARTS) is 1. The molecule has 0 bridgehead atoms. The quantitative estimate of drug-likeness (QED) is 0.142. The minimum absolute atomic E-state index is 0.0135. The Morgan fingerprint density at radius 3 is 2.76 bits per heavy atom. The van der Waals surface area contributed by atoms with Gasteiger partial charge >= 0.3 is 5.97 Å². The van der Waals surface area contributed by atoms with E-state index in [2.05, 4.69) is 15.0 Å². The third kappa shape index (κ3) is 5.07. The fraction of sp³-hybridized carbons (Fsp3) is 0.314. The van der Waals surface area contributed by atoms with Crippen molar-refractivity contribution < 1.29 is 33.3 Å². The van der Waals surface area contributed by atoms with E-state index in [1.807, 2.05) is 30.3 Å². The van der Waals surface area contributed by atoms with Crippen molar-refractivity contribution in [2.45, 2.75) is 50.7 Å². The van der Waals surface area contributed by atoms with Crippen LogP contribution in [0, 0.1) is 30.4 Å². The lowest BCUT2D eigenvalue weighted by Crippen LogP contribution is -2.44. The maximum atomic E-state index is 15.3. The second-order valence-electron chi connectivity index (χ2n) is 12.1. The number of carbonyl (C=O) groups is 1. The summed E-state index contributed by atoms with van der Waals surface area (Å²) in [4.78, 5) is 22.1. The molecule has 8 nitrogen and oxygen atoms in total. The van der Waals surface area contributed by atoms with E-state index in [0.717, 1.165) is 35.8 Å². The van der Waals surface area contributed by atoms with E-state index in [4.69, 9.17) is 9.47 Å². The first-order chi connectivity index (χ1) is 21.7. The number of H-pyrrole nitrogens is 2. The average Bonchev–Trinajstić information content (AvgIpc) is 3.75. The summed E-state index contributed by atoms with van der Waals surface area (Å²) < 4.78 is 42.8. The molecule has 45 heavy (non-hydrogen) atoms. The third-order valence-electron chi connectivity index (χ3n) is 9.41. The number of nitrogens with zero attached hydrogens (tertiary/aromatic N) is 1. The number of hydrogen-bond donors (Lipinski definition) is 4. The summed E-state index contributed by atoms with van der Waals surface area (Å²) in [5.74, 6) is -1.53. The summed E-state index contributed by atoms with van der Waals surface area (Å²) in [6, 6.07) is 15.0. The number of aromatic nitrogens is 3. The smallest absolute Gasteiger partial charge is 0.303 e. The van der Waals surface area contributed by atoms with E-state index in [9.17, 15) is 15.0 Å². The third-order valence-corrected chi connectivity index (χ3v) is 9.41. The Bertz CT molecular complexity index is 1900. The maximum absolute atomic E-state index is 15.3. The fourth-order valence-electron chi connectivity index (χ4n) is 6.99. The molecule has 1 saturated carbocycles. The number of ether oxygens (including phenoxy) is 2. The fourth-order valence-corrected chi connectivity index (χ4v) is 6.99. The van der Waals surface area contributed by atoms with Crippen LogP contribution in [0.25, 0.3) is 22.3 Å². The van der Waals surface area contributed by atoms with Crippen molar-refractivity contribution in [3.8, 4) is 22.9 Å². The van der Waals surface area contributed by atoms with E-state index in [1.54, 1.807) is 19.3 Å². The number of carboxylic acids is 1. The zero-order valence-corrected chi connectivity index (χ0v) is 24.6. The molecule has 0 amide bonds. The Morgan fingerprint density at radius 2 is 1.98 bits per heavy atom. The second-order valence-corrected chi connectivity index (χ2v) is 12.1. The summed E-state index contributed by atoms with van der Waals surface area (Å²) in [5, 5.41) is 21.3. The Kier molecular flexibility index (Phi) is 7.41. The Hall–Kier alpha value is -4.54. The number of hydrogen-bond acceptors (Lipinski definition) is 5. The molecule has 2 fully saturated rings. The van der Waals surface area contributed by atoms with Gasteiger partial charge in [0.05, 0.1) is 30.2 Å². The number of fused-ring (bicyclic) bond motifs is 1. The number of aliphatic hydroxyl groups excluding tert-OH is 1. The Labute approximate surface area is 258 Å². The van der Waals surface area contributed by atoms with Crippen molar-refractivity contribution in [2.75, 3.05) is 6.61 Å². The predicted octanol–water partition coefficient (Wildman–Crippen LogP) is 7.01. The SMILES string of the molecule is Cc1c(Oc2ccc(F)c(-c3ncc([C@@]4(c5cccc(CCC(=O)O)c5)OC[C@@H](O)C4C4CCC4)[nH]3)c2)c(F)cc2[nH]ccc12. The highest BCUT2D eigenvalue weighted by molar-refractivity contribution is 5.85. The molecule has 5 aromatic rings. The topological polar surface area (TPSA) is 120 Å². The number of benzene rings is 3. The number of halogens is 2. The van der Waals surface area contributed by atoms with E-state index < -0.39 is 29.3 Å². The molecule has 0 spiro atoms. The lowest BCUT2D eigenvalue weighted by Gasteiger charge is -2.42. The van der Waals surface area contributed by atoms with Crippen LogP contribution in [-0.4, -0.2) is 43.8 Å². The molecule has 1 saturated heterocycles. The van der Waals surface area contributed by atoms with Crippen LogP contribution >= 0.6 is 0 Å². The first kappa shape index (κ1) is 29.2. The van der Waals surface area contributed by atoms with Gasteiger partial charge in [-0.05, 0) is 67.5 Å². The van der Waals surface area contributed by atoms with Crippen molar-refractivity contribution in [3.05, 3.63) is 101 Å². The standard InChI is InChI=1S/C35H33F2N3O5/c1-19-24-12-13-38-28(24)16-27(37)33(19)45-23-9-10-26(36)25(15-23)34-39-17-30(40-34)35(32(21-5-3-6-21)29(41)18-44-35)22-7-2-4-20(14-22)8-11-31(42)43/h2,4,7,9-10,12-17,21,29,32,38,41H,3,5-6,8,11,18H2,1H3,(H,39,40)(H,42,43)/t29-,32?,35-/m1/s1. The molecule has 10 heteroatoms. The summed E-state index contributed by atoms with van der Waals surface area (Å²) >= 11 is 0. The van der Waals surface area contributed by atoms with Crippen LogP contribution in [0.3, 0.4) is 0 Å². The minimum atomic E-state index is -1.11. The molecule has 3 atom stereocenters. The van der Waals surface area contributed by atoms with E-state index >= 15 is 8.78 Å². The van der Waals surface area contributed by atoms with Gasteiger partial charge in [-0.2, -0.15) is 0 Å². The van der Waals surface area contributed by atoms with Gasteiger partial charge < -0.3 is 29.7 Å². The van der Waals surface area contributed by atoms with E-state index in [1.165, 1.54) is 24.3 Å². The second kappa shape index (κ2) is 11.4. The molecule has 2 aromatic heterocycles. The van der Waals surface area contributed by atoms with Crippen molar-refractivity contribution in [2.24, 2.45) is 11.8 Å². The van der Waals surface area contributed by atoms with E-state index in [-0.39, 0.29) is 47.8 Å². The molecule has 232 valence electrons. The molecule has 2 aliphatic rings. The average molecular weight is 614 g/mol. The predicted molar refractivity (Wildman–Crippen MR) is 163 cm³/mol. The molecule has 1 aliphatic heterocycles. The number of aliphatic hydroxyl groups is 1. The Morgan fingerprint density at radius 1 is 1.13 bits per heavy atom. The summed E-state index contributed by atoms with van der Waals surface area (Å²) in [5.41, 5.74) is 2.46. The highest BCUT2D eigenvalue weighted by Crippen LogP contribution is 2.54. The van der Waals surface area contributed by atoms with Gasteiger partial charge in [-0.3, -0.25) is 4.79 Å². The largest absolute Gasteiger partial charge is 0.481 e. The zero-order valence-electron chi connectivity index (χ0n) is 24.6. The number of aryl methyl sites for hydroxylation is 2. The molecule has 0 radical (unpaired) electrons. The van der Waals surface area contributed by atoms with Crippen molar-refractivity contribution in [3.63, 3.8) is 0 Å². The molecular weight excluding hydrogens is 580 g/mol. The van der Waals surface area contributed by atoms with Gasteiger partial charge in [0.2, 0.25) is 0 Å². The van der Waals surface area contributed by atoms with Gasteiger partial charge in [-0.15, -0.1) is 0 Å². The molecule has 3 aromatic carbocycles. The first-order valence-corrected chi connectivity index (χ1v) is 15.2. The van der Waals surface area contributed by atoms with Crippen molar-refractivity contribution in [1.29, 1.82) is 0 Å².